The maximum absolute atomic E-state index is 8.94. The Kier molecular flexibility index (Phi) is 3.07. The fourth-order valence-electron chi connectivity index (χ4n) is 1.09. The molecule has 0 bridgehead atoms. The van der Waals surface area contributed by atoms with E-state index in [1.807, 2.05) is 12.1 Å². The van der Waals surface area contributed by atoms with Gasteiger partial charge in [-0.3, -0.25) is 0 Å². The van der Waals surface area contributed by atoms with E-state index >= 15 is 0 Å². The van der Waals surface area contributed by atoms with Crippen molar-refractivity contribution in [2.75, 3.05) is 0 Å². The summed E-state index contributed by atoms with van der Waals surface area (Å²) >= 11 is 0. The van der Waals surface area contributed by atoms with Crippen LogP contribution in [0.15, 0.2) is 24.3 Å². The molecule has 0 fully saturated rings. The second-order valence-electron chi connectivity index (χ2n) is 4.09. The molecule has 0 aliphatic carbocycles. The average molecular weight is 198 g/mol. The topological polar surface area (TPSA) is 40.5 Å². The van der Waals surface area contributed by atoms with Crippen LogP contribution in [-0.4, -0.2) is 9.79 Å². The standard InChI is InChI=1S/C10H15O2P/c1-10(2,3)8-4-6-9(7-5-8)13(11)12/h4-7,11-12H,1-3H3. The molecule has 1 aromatic rings. The van der Waals surface area contributed by atoms with Crippen LogP contribution in [-0.2, 0) is 5.41 Å². The summed E-state index contributed by atoms with van der Waals surface area (Å²) in [4.78, 5) is 17.9. The highest BCUT2D eigenvalue weighted by atomic mass is 31.2. The molecule has 2 N–H and O–H groups in total. The molecule has 0 amide bonds. The third kappa shape index (κ3) is 2.77. The summed E-state index contributed by atoms with van der Waals surface area (Å²) < 4.78 is 0. The van der Waals surface area contributed by atoms with E-state index in [2.05, 4.69) is 20.8 Å². The lowest BCUT2D eigenvalue weighted by Gasteiger charge is -2.19. The molecule has 1 rings (SSSR count). The molecule has 0 saturated heterocycles. The zero-order valence-electron chi connectivity index (χ0n) is 8.15. The van der Waals surface area contributed by atoms with Crippen molar-refractivity contribution in [2.24, 2.45) is 0 Å². The number of hydrogen-bond donors (Lipinski definition) is 2. The molecule has 0 heterocycles. The Hall–Kier alpha value is -0.430. The molecule has 72 valence electrons. The van der Waals surface area contributed by atoms with Crippen molar-refractivity contribution < 1.29 is 9.79 Å². The van der Waals surface area contributed by atoms with Gasteiger partial charge >= 0.3 is 0 Å². The Morgan fingerprint density at radius 2 is 1.46 bits per heavy atom. The highest BCUT2D eigenvalue weighted by Gasteiger charge is 2.13. The first-order valence-corrected chi connectivity index (χ1v) is 5.44. The summed E-state index contributed by atoms with van der Waals surface area (Å²) in [6.07, 6.45) is 0. The van der Waals surface area contributed by atoms with Gasteiger partial charge in [0.25, 0.3) is 0 Å². The predicted octanol–water partition coefficient (Wildman–Crippen LogP) is 1.91. The van der Waals surface area contributed by atoms with Crippen molar-refractivity contribution in [1.82, 2.24) is 0 Å². The Morgan fingerprint density at radius 3 is 1.77 bits per heavy atom. The summed E-state index contributed by atoms with van der Waals surface area (Å²) in [5.41, 5.74) is 1.32. The van der Waals surface area contributed by atoms with Gasteiger partial charge in [-0.1, -0.05) is 32.9 Å². The molecule has 0 radical (unpaired) electrons. The first-order valence-electron chi connectivity index (χ1n) is 4.19. The lowest BCUT2D eigenvalue weighted by atomic mass is 9.87. The summed E-state index contributed by atoms with van der Waals surface area (Å²) in [6.45, 7) is 6.38. The minimum absolute atomic E-state index is 0.117. The van der Waals surface area contributed by atoms with Crippen molar-refractivity contribution in [2.45, 2.75) is 26.2 Å². The van der Waals surface area contributed by atoms with E-state index in [1.54, 1.807) is 12.1 Å². The van der Waals surface area contributed by atoms with Crippen LogP contribution in [0.5, 0.6) is 0 Å². The van der Waals surface area contributed by atoms with E-state index in [1.165, 1.54) is 5.56 Å². The molecular weight excluding hydrogens is 183 g/mol. The Morgan fingerprint density at radius 1 is 1.00 bits per heavy atom. The molecule has 0 aromatic heterocycles. The number of rotatable bonds is 1. The quantitative estimate of drug-likeness (QED) is 0.676. The summed E-state index contributed by atoms with van der Waals surface area (Å²) in [5.74, 6) is 0. The van der Waals surface area contributed by atoms with Crippen molar-refractivity contribution in [3.8, 4) is 0 Å². The van der Waals surface area contributed by atoms with Gasteiger partial charge in [-0.15, -0.1) is 0 Å². The van der Waals surface area contributed by atoms with E-state index in [0.29, 0.717) is 5.30 Å². The van der Waals surface area contributed by atoms with Gasteiger partial charge in [0, 0.05) is 5.30 Å². The first-order chi connectivity index (χ1) is 5.91. The van der Waals surface area contributed by atoms with Crippen molar-refractivity contribution in [3.05, 3.63) is 29.8 Å². The molecule has 0 spiro atoms. The minimum Gasteiger partial charge on any atom is -0.347 e. The van der Waals surface area contributed by atoms with Crippen molar-refractivity contribution in [3.63, 3.8) is 0 Å². The summed E-state index contributed by atoms with van der Waals surface area (Å²) in [5, 5.41) is 0.600. The molecule has 13 heavy (non-hydrogen) atoms. The zero-order valence-corrected chi connectivity index (χ0v) is 9.05. The van der Waals surface area contributed by atoms with Crippen molar-refractivity contribution >= 4 is 13.7 Å². The largest absolute Gasteiger partial charge is 0.347 e. The minimum atomic E-state index is -1.94. The third-order valence-electron chi connectivity index (χ3n) is 1.96. The maximum atomic E-state index is 8.94. The van der Waals surface area contributed by atoms with Crippen LogP contribution in [0.3, 0.4) is 0 Å². The van der Waals surface area contributed by atoms with E-state index in [-0.39, 0.29) is 5.41 Å². The molecule has 0 unspecified atom stereocenters. The lowest BCUT2D eigenvalue weighted by Crippen LogP contribution is -2.12. The molecule has 3 heteroatoms. The molecule has 0 atom stereocenters. The lowest BCUT2D eigenvalue weighted by molar-refractivity contribution is 0.497. The first kappa shape index (κ1) is 10.6. The van der Waals surface area contributed by atoms with Crippen LogP contribution in [0.25, 0.3) is 0 Å². The second-order valence-corrected chi connectivity index (χ2v) is 5.18. The van der Waals surface area contributed by atoms with Crippen LogP contribution in [0, 0.1) is 0 Å². The third-order valence-corrected chi connectivity index (χ3v) is 2.72. The number of benzene rings is 1. The second kappa shape index (κ2) is 3.75. The normalized spacial score (nSPS) is 12.2. The van der Waals surface area contributed by atoms with E-state index in [9.17, 15) is 0 Å². The molecule has 0 aliphatic heterocycles. The van der Waals surface area contributed by atoms with E-state index in [0.717, 1.165) is 0 Å². The molecule has 1 aromatic carbocycles. The van der Waals surface area contributed by atoms with Crippen LogP contribution < -0.4 is 5.30 Å². The highest BCUT2D eigenvalue weighted by Crippen LogP contribution is 2.25. The maximum Gasteiger partial charge on any atom is 0.199 e. The van der Waals surface area contributed by atoms with Crippen LogP contribution in [0.2, 0.25) is 0 Å². The van der Waals surface area contributed by atoms with Gasteiger partial charge in [-0.05, 0) is 23.1 Å². The summed E-state index contributed by atoms with van der Waals surface area (Å²) in [7, 11) is -1.94. The predicted molar refractivity (Wildman–Crippen MR) is 56.1 cm³/mol. The van der Waals surface area contributed by atoms with Crippen LogP contribution in [0.4, 0.5) is 0 Å². The Bertz CT molecular complexity index is 272. The zero-order chi connectivity index (χ0) is 10.1. The molecule has 2 nitrogen and oxygen atoms in total. The molecule has 0 aliphatic rings. The van der Waals surface area contributed by atoms with Crippen LogP contribution >= 0.6 is 8.38 Å². The van der Waals surface area contributed by atoms with Gasteiger partial charge < -0.3 is 9.79 Å². The monoisotopic (exact) mass is 198 g/mol. The van der Waals surface area contributed by atoms with E-state index < -0.39 is 8.38 Å². The van der Waals surface area contributed by atoms with Crippen LogP contribution in [0.1, 0.15) is 26.3 Å². The fourth-order valence-corrected chi connectivity index (χ4v) is 1.51. The molecular formula is C10H15O2P. The fraction of sp³-hybridized carbons (Fsp3) is 0.400. The molecule has 0 saturated carbocycles. The Balaban J connectivity index is 2.94. The van der Waals surface area contributed by atoms with Gasteiger partial charge in [-0.2, -0.15) is 0 Å². The summed E-state index contributed by atoms with van der Waals surface area (Å²) in [6, 6.07) is 7.42. The Labute approximate surface area is 80.2 Å². The average Bonchev–Trinajstić information content (AvgIpc) is 2.03. The van der Waals surface area contributed by atoms with Crippen molar-refractivity contribution in [1.29, 1.82) is 0 Å². The van der Waals surface area contributed by atoms with Gasteiger partial charge in [0.2, 0.25) is 0 Å². The smallest absolute Gasteiger partial charge is 0.199 e. The van der Waals surface area contributed by atoms with Gasteiger partial charge in [0.1, 0.15) is 0 Å². The SMILES string of the molecule is CC(C)(C)c1ccc(P(O)O)cc1. The number of hydrogen-bond acceptors (Lipinski definition) is 2. The van der Waals surface area contributed by atoms with Gasteiger partial charge in [-0.25, -0.2) is 0 Å². The van der Waals surface area contributed by atoms with E-state index in [4.69, 9.17) is 9.79 Å². The van der Waals surface area contributed by atoms with Gasteiger partial charge in [0.05, 0.1) is 0 Å². The van der Waals surface area contributed by atoms with Gasteiger partial charge in [0.15, 0.2) is 8.38 Å². The highest BCUT2D eigenvalue weighted by molar-refractivity contribution is 7.54.